The van der Waals surface area contributed by atoms with Crippen molar-refractivity contribution >= 4 is 16.9 Å². The van der Waals surface area contributed by atoms with Crippen LogP contribution in [0, 0.1) is 0 Å². The van der Waals surface area contributed by atoms with Gasteiger partial charge >= 0.3 is 0 Å². The van der Waals surface area contributed by atoms with Gasteiger partial charge in [-0.15, -0.1) is 0 Å². The van der Waals surface area contributed by atoms with Gasteiger partial charge in [0.25, 0.3) is 5.91 Å². The highest BCUT2D eigenvalue weighted by Crippen LogP contribution is 2.13. The summed E-state index contributed by atoms with van der Waals surface area (Å²) < 4.78 is 7.41. The maximum absolute atomic E-state index is 12.1. The van der Waals surface area contributed by atoms with Crippen molar-refractivity contribution in [2.75, 3.05) is 13.2 Å². The Bertz CT molecular complexity index is 793. The molecular formula is C18H19N3O2. The van der Waals surface area contributed by atoms with Crippen molar-refractivity contribution in [1.82, 2.24) is 14.9 Å². The van der Waals surface area contributed by atoms with Crippen molar-refractivity contribution < 1.29 is 9.53 Å². The van der Waals surface area contributed by atoms with Crippen LogP contribution in [0.15, 0.2) is 54.9 Å². The van der Waals surface area contributed by atoms with Crippen LogP contribution in [0.3, 0.4) is 0 Å². The molecule has 5 nitrogen and oxygen atoms in total. The van der Waals surface area contributed by atoms with E-state index in [1.54, 1.807) is 18.5 Å². The molecule has 3 aromatic rings. The second-order valence-electron chi connectivity index (χ2n) is 5.14. The van der Waals surface area contributed by atoms with Crippen molar-refractivity contribution in [3.63, 3.8) is 0 Å². The molecule has 0 saturated heterocycles. The summed E-state index contributed by atoms with van der Waals surface area (Å²) in [7, 11) is 0. The number of hydrogen-bond acceptors (Lipinski definition) is 3. The second kappa shape index (κ2) is 6.96. The average Bonchev–Trinajstić information content (AvgIpc) is 2.99. The van der Waals surface area contributed by atoms with E-state index in [1.807, 2.05) is 47.9 Å². The van der Waals surface area contributed by atoms with Gasteiger partial charge in [-0.05, 0) is 43.3 Å². The van der Waals surface area contributed by atoms with Crippen molar-refractivity contribution in [1.29, 1.82) is 0 Å². The van der Waals surface area contributed by atoms with Crippen LogP contribution in [-0.4, -0.2) is 28.6 Å². The summed E-state index contributed by atoms with van der Waals surface area (Å²) in [5, 5.41) is 2.93. The molecule has 118 valence electrons. The first-order chi connectivity index (χ1) is 11.3. The number of nitrogens with zero attached hydrogens (tertiary/aromatic N) is 2. The molecule has 0 aliphatic carbocycles. The molecule has 0 atom stereocenters. The molecule has 3 rings (SSSR count). The van der Waals surface area contributed by atoms with Gasteiger partial charge in [0.05, 0.1) is 24.0 Å². The highest BCUT2D eigenvalue weighted by atomic mass is 16.5. The summed E-state index contributed by atoms with van der Waals surface area (Å²) in [6, 6.07) is 15.1. The van der Waals surface area contributed by atoms with Crippen LogP contribution in [0.1, 0.15) is 17.3 Å². The van der Waals surface area contributed by atoms with Crippen LogP contribution in [0.5, 0.6) is 5.75 Å². The molecule has 0 bridgehead atoms. The molecule has 0 radical (unpaired) electrons. The Kier molecular flexibility index (Phi) is 4.57. The number of aromatic nitrogens is 2. The lowest BCUT2D eigenvalue weighted by molar-refractivity contribution is 0.0952. The minimum atomic E-state index is -0.0857. The molecule has 0 aliphatic rings. The molecule has 0 unspecified atom stereocenters. The van der Waals surface area contributed by atoms with Crippen LogP contribution in [-0.2, 0) is 6.54 Å². The van der Waals surface area contributed by atoms with Gasteiger partial charge in [-0.1, -0.05) is 12.1 Å². The molecule has 1 amide bonds. The van der Waals surface area contributed by atoms with Crippen LogP contribution < -0.4 is 10.1 Å². The third-order valence-corrected chi connectivity index (χ3v) is 3.59. The lowest BCUT2D eigenvalue weighted by Crippen LogP contribution is -2.27. The van der Waals surface area contributed by atoms with Crippen LogP contribution in [0.4, 0.5) is 0 Å². The number of para-hydroxylation sites is 2. The summed E-state index contributed by atoms with van der Waals surface area (Å²) in [5.74, 6) is 0.686. The van der Waals surface area contributed by atoms with E-state index in [-0.39, 0.29) is 5.91 Å². The largest absolute Gasteiger partial charge is 0.494 e. The van der Waals surface area contributed by atoms with Crippen LogP contribution in [0.2, 0.25) is 0 Å². The first-order valence-corrected chi connectivity index (χ1v) is 7.69. The van der Waals surface area contributed by atoms with Gasteiger partial charge < -0.3 is 14.6 Å². The van der Waals surface area contributed by atoms with Crippen molar-refractivity contribution in [3.05, 3.63) is 60.4 Å². The maximum atomic E-state index is 12.1. The van der Waals surface area contributed by atoms with Gasteiger partial charge in [-0.2, -0.15) is 0 Å². The van der Waals surface area contributed by atoms with Gasteiger partial charge in [-0.3, -0.25) is 4.79 Å². The molecule has 1 N–H and O–H groups in total. The Morgan fingerprint density at radius 2 is 1.96 bits per heavy atom. The Balaban J connectivity index is 1.56. The number of imidazole rings is 1. The first kappa shape index (κ1) is 15.1. The van der Waals surface area contributed by atoms with Crippen molar-refractivity contribution in [3.8, 4) is 5.75 Å². The second-order valence-corrected chi connectivity index (χ2v) is 5.14. The fraction of sp³-hybridized carbons (Fsp3) is 0.222. The zero-order valence-corrected chi connectivity index (χ0v) is 13.0. The Morgan fingerprint density at radius 3 is 2.74 bits per heavy atom. The summed E-state index contributed by atoms with van der Waals surface area (Å²) in [6.45, 7) is 3.78. The zero-order chi connectivity index (χ0) is 16.1. The van der Waals surface area contributed by atoms with E-state index in [0.717, 1.165) is 16.8 Å². The molecule has 1 aromatic heterocycles. The molecule has 2 aromatic carbocycles. The van der Waals surface area contributed by atoms with E-state index in [1.165, 1.54) is 0 Å². The summed E-state index contributed by atoms with van der Waals surface area (Å²) >= 11 is 0. The summed E-state index contributed by atoms with van der Waals surface area (Å²) in [6.07, 6.45) is 1.80. The van der Waals surface area contributed by atoms with E-state index < -0.39 is 0 Å². The quantitative estimate of drug-likeness (QED) is 0.762. The van der Waals surface area contributed by atoms with Crippen molar-refractivity contribution in [2.45, 2.75) is 13.5 Å². The Labute approximate surface area is 134 Å². The van der Waals surface area contributed by atoms with E-state index in [9.17, 15) is 4.79 Å². The number of ether oxygens (including phenoxy) is 1. The monoisotopic (exact) mass is 309 g/mol. The number of rotatable bonds is 6. The van der Waals surface area contributed by atoms with E-state index >= 15 is 0 Å². The van der Waals surface area contributed by atoms with E-state index in [0.29, 0.717) is 25.3 Å². The lowest BCUT2D eigenvalue weighted by Gasteiger charge is -2.08. The Hall–Kier alpha value is -2.82. The third-order valence-electron chi connectivity index (χ3n) is 3.59. The molecule has 5 heteroatoms. The number of amides is 1. The molecular weight excluding hydrogens is 290 g/mol. The number of nitrogens with one attached hydrogen (secondary N) is 1. The number of carbonyl (C=O) groups excluding carboxylic acids is 1. The highest BCUT2D eigenvalue weighted by Gasteiger charge is 2.06. The standard InChI is InChI=1S/C18H19N3O2/c1-2-23-15-9-7-14(8-10-15)18(22)19-11-12-21-13-20-16-5-3-4-6-17(16)21/h3-10,13H,2,11-12H2,1H3,(H,19,22). The van der Waals surface area contributed by atoms with Gasteiger partial charge in [0.1, 0.15) is 5.75 Å². The topological polar surface area (TPSA) is 56.1 Å². The average molecular weight is 309 g/mol. The Morgan fingerprint density at radius 1 is 1.17 bits per heavy atom. The summed E-state index contributed by atoms with van der Waals surface area (Å²) in [5.41, 5.74) is 2.66. The van der Waals surface area contributed by atoms with Gasteiger partial charge in [0.15, 0.2) is 0 Å². The van der Waals surface area contributed by atoms with Gasteiger partial charge in [0.2, 0.25) is 0 Å². The third kappa shape index (κ3) is 3.51. The minimum Gasteiger partial charge on any atom is -0.494 e. The fourth-order valence-corrected chi connectivity index (χ4v) is 2.45. The van der Waals surface area contributed by atoms with Crippen LogP contribution >= 0.6 is 0 Å². The molecule has 0 aliphatic heterocycles. The normalized spacial score (nSPS) is 10.7. The smallest absolute Gasteiger partial charge is 0.251 e. The molecule has 0 fully saturated rings. The van der Waals surface area contributed by atoms with Crippen molar-refractivity contribution in [2.24, 2.45) is 0 Å². The number of fused-ring (bicyclic) bond motifs is 1. The summed E-state index contributed by atoms with van der Waals surface area (Å²) in [4.78, 5) is 16.5. The van der Waals surface area contributed by atoms with Gasteiger partial charge in [-0.25, -0.2) is 4.98 Å². The maximum Gasteiger partial charge on any atom is 0.251 e. The molecule has 23 heavy (non-hydrogen) atoms. The number of benzene rings is 2. The van der Waals surface area contributed by atoms with E-state index in [2.05, 4.69) is 10.3 Å². The number of hydrogen-bond donors (Lipinski definition) is 1. The molecule has 0 saturated carbocycles. The lowest BCUT2D eigenvalue weighted by atomic mass is 10.2. The fourth-order valence-electron chi connectivity index (χ4n) is 2.45. The highest BCUT2D eigenvalue weighted by molar-refractivity contribution is 5.94. The SMILES string of the molecule is CCOc1ccc(C(=O)NCCn2cnc3ccccc32)cc1. The molecule has 1 heterocycles. The molecule has 0 spiro atoms. The van der Waals surface area contributed by atoms with E-state index in [4.69, 9.17) is 4.74 Å². The van der Waals surface area contributed by atoms with Crippen LogP contribution in [0.25, 0.3) is 11.0 Å². The predicted octanol–water partition coefficient (Wildman–Crippen LogP) is 2.87. The van der Waals surface area contributed by atoms with Gasteiger partial charge in [0, 0.05) is 18.7 Å². The minimum absolute atomic E-state index is 0.0857. The zero-order valence-electron chi connectivity index (χ0n) is 13.0. The number of carbonyl (C=O) groups is 1. The first-order valence-electron chi connectivity index (χ1n) is 7.69. The predicted molar refractivity (Wildman–Crippen MR) is 89.7 cm³/mol.